The third-order valence-electron chi connectivity index (χ3n) is 3.05. The monoisotopic (exact) mass is 284 g/mol. The first-order chi connectivity index (χ1) is 9.70. The third-order valence-corrected chi connectivity index (χ3v) is 3.35. The summed E-state index contributed by atoms with van der Waals surface area (Å²) in [6.45, 7) is 0. The van der Waals surface area contributed by atoms with E-state index in [4.69, 9.17) is 11.6 Å². The topological polar surface area (TPSA) is 63.1 Å². The van der Waals surface area contributed by atoms with E-state index in [1.54, 1.807) is 12.1 Å². The molecule has 0 aliphatic heterocycles. The summed E-state index contributed by atoms with van der Waals surface area (Å²) in [6, 6.07) is 12.2. The van der Waals surface area contributed by atoms with Gasteiger partial charge in [-0.2, -0.15) is 0 Å². The molecule has 0 saturated heterocycles. The number of carbonyl (C=O) groups excluding carboxylic acids is 1. The molecule has 0 aliphatic rings. The molecule has 0 saturated carbocycles. The molecular formula is C15H9ClN2O2. The summed E-state index contributed by atoms with van der Waals surface area (Å²) in [4.78, 5) is 11.0. The summed E-state index contributed by atoms with van der Waals surface area (Å²) < 4.78 is 0. The average Bonchev–Trinajstić information content (AvgIpc) is 2.49. The summed E-state index contributed by atoms with van der Waals surface area (Å²) >= 11 is 5.92. The Labute approximate surface area is 119 Å². The Hall–Kier alpha value is -2.46. The van der Waals surface area contributed by atoms with Gasteiger partial charge in [0, 0.05) is 16.3 Å². The van der Waals surface area contributed by atoms with E-state index < -0.39 is 0 Å². The number of phenols is 1. The molecule has 1 N–H and O–H groups in total. The highest BCUT2D eigenvalue weighted by atomic mass is 35.5. The summed E-state index contributed by atoms with van der Waals surface area (Å²) in [5.74, 6) is 0.0113. The Morgan fingerprint density at radius 3 is 2.50 bits per heavy atom. The summed E-state index contributed by atoms with van der Waals surface area (Å²) in [6.07, 6.45) is 0.683. The summed E-state index contributed by atoms with van der Waals surface area (Å²) in [7, 11) is 0. The minimum atomic E-state index is 0.0113. The van der Waals surface area contributed by atoms with Crippen LogP contribution in [0.5, 0.6) is 5.75 Å². The van der Waals surface area contributed by atoms with Crippen molar-refractivity contribution >= 4 is 28.7 Å². The van der Waals surface area contributed by atoms with Crippen LogP contribution in [0.25, 0.3) is 22.0 Å². The van der Waals surface area contributed by atoms with Crippen LogP contribution < -0.4 is 0 Å². The molecule has 0 amide bonds. The van der Waals surface area contributed by atoms with Gasteiger partial charge in [0.05, 0.1) is 5.02 Å². The Morgan fingerprint density at radius 2 is 1.80 bits per heavy atom. The number of hydrogen-bond donors (Lipinski definition) is 1. The molecule has 3 aromatic rings. The number of fused-ring (bicyclic) bond motifs is 1. The fourth-order valence-corrected chi connectivity index (χ4v) is 2.26. The van der Waals surface area contributed by atoms with Crippen LogP contribution in [0.2, 0.25) is 5.02 Å². The molecule has 5 heteroatoms. The van der Waals surface area contributed by atoms with E-state index in [0.29, 0.717) is 17.7 Å². The second-order valence-corrected chi connectivity index (χ2v) is 4.67. The fourth-order valence-electron chi connectivity index (χ4n) is 2.08. The minimum absolute atomic E-state index is 0.0113. The van der Waals surface area contributed by atoms with Crippen molar-refractivity contribution in [3.05, 3.63) is 53.2 Å². The third kappa shape index (κ3) is 2.00. The lowest BCUT2D eigenvalue weighted by molar-refractivity contribution is 0.112. The van der Waals surface area contributed by atoms with Gasteiger partial charge in [0.1, 0.15) is 17.1 Å². The smallest absolute Gasteiger partial charge is 0.170 e. The molecule has 98 valence electrons. The number of nitrogens with zero attached hydrogens (tertiary/aromatic N) is 2. The standard InChI is InChI=1S/C15H9ClN2O2/c16-12-7-9(5-6-14(12)20)15-11-4-2-1-3-10(11)13(8-19)17-18-15/h1-8,20H. The van der Waals surface area contributed by atoms with Gasteiger partial charge in [-0.1, -0.05) is 35.9 Å². The molecule has 1 heterocycles. The molecule has 0 atom stereocenters. The van der Waals surface area contributed by atoms with Crippen molar-refractivity contribution in [2.24, 2.45) is 0 Å². The Balaban J connectivity index is 2.31. The predicted octanol–water partition coefficient (Wildman–Crippen LogP) is 3.47. The Bertz CT molecular complexity index is 818. The zero-order valence-electron chi connectivity index (χ0n) is 10.2. The number of benzene rings is 2. The van der Waals surface area contributed by atoms with Crippen molar-refractivity contribution in [1.29, 1.82) is 0 Å². The highest BCUT2D eigenvalue weighted by molar-refractivity contribution is 6.32. The van der Waals surface area contributed by atoms with Crippen LogP contribution in [-0.2, 0) is 0 Å². The zero-order chi connectivity index (χ0) is 14.1. The Kier molecular flexibility index (Phi) is 3.08. The number of aromatic nitrogens is 2. The zero-order valence-corrected chi connectivity index (χ0v) is 11.0. The van der Waals surface area contributed by atoms with Gasteiger partial charge in [-0.3, -0.25) is 4.79 Å². The molecule has 0 unspecified atom stereocenters. The highest BCUT2D eigenvalue weighted by Crippen LogP contribution is 2.32. The average molecular weight is 285 g/mol. The van der Waals surface area contributed by atoms with Crippen molar-refractivity contribution in [2.75, 3.05) is 0 Å². The van der Waals surface area contributed by atoms with E-state index in [1.807, 2.05) is 24.3 Å². The van der Waals surface area contributed by atoms with Crippen molar-refractivity contribution in [2.45, 2.75) is 0 Å². The number of aldehydes is 1. The van der Waals surface area contributed by atoms with Gasteiger partial charge in [0.15, 0.2) is 6.29 Å². The lowest BCUT2D eigenvalue weighted by atomic mass is 10.0. The van der Waals surface area contributed by atoms with Crippen molar-refractivity contribution < 1.29 is 9.90 Å². The molecule has 0 fully saturated rings. The van der Waals surface area contributed by atoms with E-state index in [1.165, 1.54) is 6.07 Å². The van der Waals surface area contributed by atoms with Gasteiger partial charge in [-0.25, -0.2) is 0 Å². The van der Waals surface area contributed by atoms with E-state index in [0.717, 1.165) is 16.3 Å². The van der Waals surface area contributed by atoms with Crippen LogP contribution >= 0.6 is 11.6 Å². The van der Waals surface area contributed by atoms with Crippen LogP contribution in [0.1, 0.15) is 10.5 Å². The minimum Gasteiger partial charge on any atom is -0.506 e. The number of phenolic OH excluding ortho intramolecular Hbond substituents is 1. The second kappa shape index (κ2) is 4.90. The van der Waals surface area contributed by atoms with E-state index in [9.17, 15) is 9.90 Å². The van der Waals surface area contributed by atoms with Gasteiger partial charge in [-0.05, 0) is 18.2 Å². The van der Waals surface area contributed by atoms with Gasteiger partial charge in [0.2, 0.25) is 0 Å². The molecule has 2 aromatic carbocycles. The molecule has 4 nitrogen and oxygen atoms in total. The molecule has 0 spiro atoms. The first-order valence-corrected chi connectivity index (χ1v) is 6.28. The molecule has 0 aliphatic carbocycles. The van der Waals surface area contributed by atoms with Crippen molar-refractivity contribution in [1.82, 2.24) is 10.2 Å². The second-order valence-electron chi connectivity index (χ2n) is 4.26. The normalized spacial score (nSPS) is 10.7. The summed E-state index contributed by atoms with van der Waals surface area (Å²) in [5.41, 5.74) is 1.65. The van der Waals surface area contributed by atoms with Gasteiger partial charge >= 0.3 is 0 Å². The maximum absolute atomic E-state index is 11.0. The number of halogens is 1. The molecular weight excluding hydrogens is 276 g/mol. The van der Waals surface area contributed by atoms with Crippen LogP contribution in [-0.4, -0.2) is 21.6 Å². The molecule has 20 heavy (non-hydrogen) atoms. The number of hydrogen-bond acceptors (Lipinski definition) is 4. The van der Waals surface area contributed by atoms with E-state index in [-0.39, 0.29) is 10.8 Å². The quantitative estimate of drug-likeness (QED) is 0.732. The van der Waals surface area contributed by atoms with Crippen LogP contribution in [0.15, 0.2) is 42.5 Å². The van der Waals surface area contributed by atoms with E-state index >= 15 is 0 Å². The van der Waals surface area contributed by atoms with Gasteiger partial charge in [-0.15, -0.1) is 10.2 Å². The lowest BCUT2D eigenvalue weighted by Crippen LogP contribution is -1.96. The van der Waals surface area contributed by atoms with Crippen LogP contribution in [0.4, 0.5) is 0 Å². The van der Waals surface area contributed by atoms with Crippen LogP contribution in [0, 0.1) is 0 Å². The highest BCUT2D eigenvalue weighted by Gasteiger charge is 2.11. The first-order valence-electron chi connectivity index (χ1n) is 5.90. The summed E-state index contributed by atoms with van der Waals surface area (Å²) in [5, 5.41) is 19.3. The Morgan fingerprint density at radius 1 is 1.05 bits per heavy atom. The van der Waals surface area contributed by atoms with Crippen LogP contribution in [0.3, 0.4) is 0 Å². The van der Waals surface area contributed by atoms with Gasteiger partial charge < -0.3 is 5.11 Å². The number of aromatic hydroxyl groups is 1. The van der Waals surface area contributed by atoms with Crippen molar-refractivity contribution in [3.63, 3.8) is 0 Å². The first kappa shape index (κ1) is 12.6. The molecule has 1 aromatic heterocycles. The largest absolute Gasteiger partial charge is 0.506 e. The molecule has 0 radical (unpaired) electrons. The molecule has 3 rings (SSSR count). The van der Waals surface area contributed by atoms with Crippen molar-refractivity contribution in [3.8, 4) is 17.0 Å². The SMILES string of the molecule is O=Cc1nnc(-c2ccc(O)c(Cl)c2)c2ccccc12. The predicted molar refractivity (Wildman–Crippen MR) is 77.0 cm³/mol. The van der Waals surface area contributed by atoms with E-state index in [2.05, 4.69) is 10.2 Å². The fraction of sp³-hybridized carbons (Fsp3) is 0. The molecule has 0 bridgehead atoms. The van der Waals surface area contributed by atoms with Gasteiger partial charge in [0.25, 0.3) is 0 Å². The number of carbonyl (C=O) groups is 1. The maximum Gasteiger partial charge on any atom is 0.170 e. The lowest BCUT2D eigenvalue weighted by Gasteiger charge is -2.07. The number of rotatable bonds is 2. The maximum atomic E-state index is 11.0.